The lowest BCUT2D eigenvalue weighted by molar-refractivity contribution is 0.112. The standard InChI is InChI=1S/C6H7IN2O/c1-4-5(3-10)6(7)8-9(4)2/h3H,1-2H3. The van der Waals surface area contributed by atoms with E-state index in [1.165, 1.54) is 0 Å². The lowest BCUT2D eigenvalue weighted by Crippen LogP contribution is -1.93. The van der Waals surface area contributed by atoms with Crippen LogP contribution in [0.4, 0.5) is 0 Å². The summed E-state index contributed by atoms with van der Waals surface area (Å²) in [7, 11) is 1.82. The Morgan fingerprint density at radius 1 is 1.70 bits per heavy atom. The average molecular weight is 250 g/mol. The van der Waals surface area contributed by atoms with Gasteiger partial charge >= 0.3 is 0 Å². The minimum absolute atomic E-state index is 0.697. The number of hydrogen-bond donors (Lipinski definition) is 0. The van der Waals surface area contributed by atoms with Crippen LogP contribution in [0, 0.1) is 10.6 Å². The molecule has 54 valence electrons. The van der Waals surface area contributed by atoms with E-state index in [1.807, 2.05) is 36.6 Å². The van der Waals surface area contributed by atoms with Gasteiger partial charge in [-0.2, -0.15) is 5.10 Å². The number of rotatable bonds is 1. The van der Waals surface area contributed by atoms with E-state index in [9.17, 15) is 4.79 Å². The molecule has 0 aliphatic rings. The van der Waals surface area contributed by atoms with Gasteiger partial charge in [0.05, 0.1) is 5.56 Å². The van der Waals surface area contributed by atoms with E-state index in [0.717, 1.165) is 15.7 Å². The summed E-state index contributed by atoms with van der Waals surface area (Å²) in [6.45, 7) is 1.87. The van der Waals surface area contributed by atoms with Crippen molar-refractivity contribution in [2.75, 3.05) is 0 Å². The van der Waals surface area contributed by atoms with E-state index in [4.69, 9.17) is 0 Å². The van der Waals surface area contributed by atoms with E-state index in [1.54, 1.807) is 4.68 Å². The van der Waals surface area contributed by atoms with Crippen LogP contribution in [0.25, 0.3) is 0 Å². The van der Waals surface area contributed by atoms with Crippen molar-refractivity contribution in [3.8, 4) is 0 Å². The smallest absolute Gasteiger partial charge is 0.154 e. The molecular weight excluding hydrogens is 243 g/mol. The van der Waals surface area contributed by atoms with Crippen LogP contribution in [0.2, 0.25) is 0 Å². The minimum atomic E-state index is 0.697. The number of carbonyl (C=O) groups is 1. The van der Waals surface area contributed by atoms with Crippen LogP contribution >= 0.6 is 22.6 Å². The van der Waals surface area contributed by atoms with Crippen molar-refractivity contribution in [1.82, 2.24) is 9.78 Å². The van der Waals surface area contributed by atoms with Crippen LogP contribution in [-0.2, 0) is 7.05 Å². The normalized spacial score (nSPS) is 9.90. The van der Waals surface area contributed by atoms with E-state index < -0.39 is 0 Å². The highest BCUT2D eigenvalue weighted by molar-refractivity contribution is 14.1. The Bertz CT molecular complexity index is 267. The second-order valence-electron chi connectivity index (χ2n) is 2.03. The van der Waals surface area contributed by atoms with E-state index >= 15 is 0 Å². The third kappa shape index (κ3) is 1.07. The maximum atomic E-state index is 10.4. The molecule has 1 aromatic rings. The summed E-state index contributed by atoms with van der Waals surface area (Å²) in [6.07, 6.45) is 0.837. The molecule has 0 spiro atoms. The molecule has 0 N–H and O–H groups in total. The second kappa shape index (κ2) is 2.69. The molecule has 1 aromatic heterocycles. The largest absolute Gasteiger partial charge is 0.298 e. The molecule has 0 saturated carbocycles. The molecule has 0 saturated heterocycles. The number of hydrogen-bond acceptors (Lipinski definition) is 2. The van der Waals surface area contributed by atoms with E-state index in [0.29, 0.717) is 5.56 Å². The molecule has 1 rings (SSSR count). The Morgan fingerprint density at radius 3 is 2.50 bits per heavy atom. The maximum Gasteiger partial charge on any atom is 0.154 e. The molecular formula is C6H7IN2O. The van der Waals surface area contributed by atoms with Crippen molar-refractivity contribution < 1.29 is 4.79 Å². The fourth-order valence-electron chi connectivity index (χ4n) is 0.718. The molecule has 0 unspecified atom stereocenters. The summed E-state index contributed by atoms with van der Waals surface area (Å²) in [5.41, 5.74) is 1.61. The summed E-state index contributed by atoms with van der Waals surface area (Å²) >= 11 is 2.04. The first-order valence-electron chi connectivity index (χ1n) is 2.81. The Balaban J connectivity index is 3.33. The van der Waals surface area contributed by atoms with E-state index in [-0.39, 0.29) is 0 Å². The van der Waals surface area contributed by atoms with Gasteiger partial charge in [-0.25, -0.2) is 0 Å². The van der Waals surface area contributed by atoms with Crippen molar-refractivity contribution in [2.45, 2.75) is 6.92 Å². The molecule has 4 heteroatoms. The van der Waals surface area contributed by atoms with Gasteiger partial charge in [0.1, 0.15) is 3.70 Å². The van der Waals surface area contributed by atoms with Gasteiger partial charge < -0.3 is 0 Å². The second-order valence-corrected chi connectivity index (χ2v) is 3.05. The quantitative estimate of drug-likeness (QED) is 0.553. The molecule has 0 aliphatic carbocycles. The molecule has 0 fully saturated rings. The molecule has 10 heavy (non-hydrogen) atoms. The lowest BCUT2D eigenvalue weighted by atomic mass is 10.3. The zero-order valence-corrected chi connectivity index (χ0v) is 7.92. The van der Waals surface area contributed by atoms with Gasteiger partial charge in [0, 0.05) is 12.7 Å². The molecule has 0 aromatic carbocycles. The van der Waals surface area contributed by atoms with Crippen LogP contribution in [-0.4, -0.2) is 16.1 Å². The Kier molecular flexibility index (Phi) is 2.08. The van der Waals surface area contributed by atoms with Crippen molar-refractivity contribution >= 4 is 28.9 Å². The molecule has 0 atom stereocenters. The number of aryl methyl sites for hydroxylation is 1. The maximum absolute atomic E-state index is 10.4. The first kappa shape index (κ1) is 7.71. The van der Waals surface area contributed by atoms with Gasteiger partial charge in [-0.05, 0) is 29.5 Å². The molecule has 0 amide bonds. The number of aldehydes is 1. The number of halogens is 1. The monoisotopic (exact) mass is 250 g/mol. The Hall–Kier alpha value is -0.390. The minimum Gasteiger partial charge on any atom is -0.298 e. The Labute approximate surface area is 72.6 Å². The third-order valence-electron chi connectivity index (χ3n) is 1.45. The highest BCUT2D eigenvalue weighted by Gasteiger charge is 2.07. The van der Waals surface area contributed by atoms with Crippen molar-refractivity contribution in [3.63, 3.8) is 0 Å². The van der Waals surface area contributed by atoms with Crippen molar-refractivity contribution in [3.05, 3.63) is 15.0 Å². The Morgan fingerprint density at radius 2 is 2.30 bits per heavy atom. The van der Waals surface area contributed by atoms with Crippen LogP contribution in [0.1, 0.15) is 16.1 Å². The van der Waals surface area contributed by atoms with Gasteiger partial charge in [-0.3, -0.25) is 9.48 Å². The SMILES string of the molecule is Cc1c(C=O)c(I)nn1C. The third-order valence-corrected chi connectivity index (χ3v) is 2.25. The summed E-state index contributed by atoms with van der Waals surface area (Å²) in [5.74, 6) is 0. The predicted molar refractivity (Wildman–Crippen MR) is 46.0 cm³/mol. The number of aromatic nitrogens is 2. The fourth-order valence-corrected chi connectivity index (χ4v) is 1.56. The molecule has 0 bridgehead atoms. The molecule has 3 nitrogen and oxygen atoms in total. The summed E-state index contributed by atoms with van der Waals surface area (Å²) in [5, 5.41) is 4.05. The number of nitrogens with zero attached hydrogens (tertiary/aromatic N) is 2. The summed E-state index contributed by atoms with van der Waals surface area (Å²) in [6, 6.07) is 0. The first-order chi connectivity index (χ1) is 4.66. The van der Waals surface area contributed by atoms with Gasteiger partial charge in [-0.1, -0.05) is 0 Å². The van der Waals surface area contributed by atoms with Gasteiger partial charge in [0.25, 0.3) is 0 Å². The van der Waals surface area contributed by atoms with Crippen molar-refractivity contribution in [2.24, 2.45) is 7.05 Å². The summed E-state index contributed by atoms with van der Waals surface area (Å²) in [4.78, 5) is 10.4. The summed E-state index contributed by atoms with van der Waals surface area (Å²) < 4.78 is 2.47. The van der Waals surface area contributed by atoms with Gasteiger partial charge in [0.15, 0.2) is 6.29 Å². The molecule has 0 aliphatic heterocycles. The topological polar surface area (TPSA) is 34.9 Å². The van der Waals surface area contributed by atoms with Gasteiger partial charge in [-0.15, -0.1) is 0 Å². The van der Waals surface area contributed by atoms with E-state index in [2.05, 4.69) is 5.10 Å². The first-order valence-corrected chi connectivity index (χ1v) is 3.89. The van der Waals surface area contributed by atoms with Crippen LogP contribution in [0.3, 0.4) is 0 Å². The zero-order valence-electron chi connectivity index (χ0n) is 5.76. The fraction of sp³-hybridized carbons (Fsp3) is 0.333. The van der Waals surface area contributed by atoms with Crippen molar-refractivity contribution in [1.29, 1.82) is 0 Å². The zero-order chi connectivity index (χ0) is 7.72. The highest BCUT2D eigenvalue weighted by Crippen LogP contribution is 2.11. The van der Waals surface area contributed by atoms with Gasteiger partial charge in [0.2, 0.25) is 0 Å². The lowest BCUT2D eigenvalue weighted by Gasteiger charge is -1.90. The molecule has 0 radical (unpaired) electrons. The van der Waals surface area contributed by atoms with Crippen LogP contribution in [0.5, 0.6) is 0 Å². The predicted octanol–water partition coefficient (Wildman–Crippen LogP) is 1.15. The van der Waals surface area contributed by atoms with Crippen LogP contribution in [0.15, 0.2) is 0 Å². The van der Waals surface area contributed by atoms with Crippen LogP contribution < -0.4 is 0 Å². The molecule has 1 heterocycles. The number of carbonyl (C=O) groups excluding carboxylic acids is 1. The average Bonchev–Trinajstić information content (AvgIpc) is 2.09. The highest BCUT2D eigenvalue weighted by atomic mass is 127.